The summed E-state index contributed by atoms with van der Waals surface area (Å²) in [6, 6.07) is 9.69. The van der Waals surface area contributed by atoms with Gasteiger partial charge in [-0.2, -0.15) is 0 Å². The van der Waals surface area contributed by atoms with Crippen LogP contribution in [0.5, 0.6) is 0 Å². The molecule has 1 aromatic heterocycles. The predicted molar refractivity (Wildman–Crippen MR) is 71.4 cm³/mol. The molecule has 1 amide bonds. The van der Waals surface area contributed by atoms with Crippen LogP contribution in [0, 0.1) is 5.82 Å². The van der Waals surface area contributed by atoms with Crippen molar-refractivity contribution in [1.29, 1.82) is 0 Å². The number of pyridine rings is 1. The van der Waals surface area contributed by atoms with Crippen LogP contribution >= 0.6 is 0 Å². The molecule has 0 bridgehead atoms. The summed E-state index contributed by atoms with van der Waals surface area (Å²) < 4.78 is 13.4. The van der Waals surface area contributed by atoms with Crippen LogP contribution in [0.3, 0.4) is 0 Å². The lowest BCUT2D eigenvalue weighted by Crippen LogP contribution is -2.24. The van der Waals surface area contributed by atoms with Crippen molar-refractivity contribution in [2.45, 2.75) is 6.54 Å². The molecule has 0 aliphatic rings. The minimum Gasteiger partial charge on any atom is -0.372 e. The summed E-state index contributed by atoms with van der Waals surface area (Å²) in [5.41, 5.74) is 0.882. The number of carbonyl (C=O) groups is 1. The molecule has 0 atom stereocenters. The molecular formula is C14H14FN3O. The molecule has 0 aliphatic carbocycles. The quantitative estimate of drug-likeness (QED) is 0.885. The SMILES string of the molecule is CNc1ncccc1C(=O)NCc1ccccc1F. The number of nitrogens with zero attached hydrogens (tertiary/aromatic N) is 1. The fraction of sp³-hybridized carbons (Fsp3) is 0.143. The Labute approximate surface area is 110 Å². The third-order valence-electron chi connectivity index (χ3n) is 2.69. The summed E-state index contributed by atoms with van der Waals surface area (Å²) in [5.74, 6) is -0.128. The van der Waals surface area contributed by atoms with Gasteiger partial charge in [0.1, 0.15) is 11.6 Å². The first-order chi connectivity index (χ1) is 9.22. The fourth-order valence-corrected chi connectivity index (χ4v) is 1.70. The highest BCUT2D eigenvalue weighted by atomic mass is 19.1. The van der Waals surface area contributed by atoms with E-state index in [-0.39, 0.29) is 18.3 Å². The van der Waals surface area contributed by atoms with Gasteiger partial charge in [-0.25, -0.2) is 9.37 Å². The number of carbonyl (C=O) groups excluding carboxylic acids is 1. The zero-order valence-corrected chi connectivity index (χ0v) is 10.5. The summed E-state index contributed by atoms with van der Waals surface area (Å²) in [6.07, 6.45) is 1.60. The molecule has 19 heavy (non-hydrogen) atoms. The van der Waals surface area contributed by atoms with Crippen molar-refractivity contribution >= 4 is 11.7 Å². The lowest BCUT2D eigenvalue weighted by molar-refractivity contribution is 0.0951. The van der Waals surface area contributed by atoms with Crippen molar-refractivity contribution in [2.75, 3.05) is 12.4 Å². The van der Waals surface area contributed by atoms with E-state index in [9.17, 15) is 9.18 Å². The van der Waals surface area contributed by atoms with Gasteiger partial charge in [-0.1, -0.05) is 18.2 Å². The summed E-state index contributed by atoms with van der Waals surface area (Å²) in [6.45, 7) is 0.142. The lowest BCUT2D eigenvalue weighted by Gasteiger charge is -2.09. The van der Waals surface area contributed by atoms with Gasteiger partial charge in [-0.3, -0.25) is 4.79 Å². The van der Waals surface area contributed by atoms with Gasteiger partial charge >= 0.3 is 0 Å². The molecule has 5 heteroatoms. The summed E-state index contributed by atoms with van der Waals surface area (Å²) in [7, 11) is 1.69. The number of amides is 1. The van der Waals surface area contributed by atoms with Crippen molar-refractivity contribution in [2.24, 2.45) is 0 Å². The van der Waals surface area contributed by atoms with E-state index < -0.39 is 0 Å². The van der Waals surface area contributed by atoms with Gasteiger partial charge in [0.2, 0.25) is 0 Å². The maximum absolute atomic E-state index is 13.4. The smallest absolute Gasteiger partial charge is 0.255 e. The Bertz CT molecular complexity index is 586. The molecule has 1 aromatic carbocycles. The number of anilines is 1. The molecule has 0 radical (unpaired) electrons. The minimum atomic E-state index is -0.331. The Morgan fingerprint density at radius 1 is 1.26 bits per heavy atom. The van der Waals surface area contributed by atoms with Gasteiger partial charge < -0.3 is 10.6 Å². The average Bonchev–Trinajstić information content (AvgIpc) is 2.46. The summed E-state index contributed by atoms with van der Waals surface area (Å²) in [4.78, 5) is 16.0. The van der Waals surface area contributed by atoms with Crippen LogP contribution in [0.15, 0.2) is 42.6 Å². The van der Waals surface area contributed by atoms with Crippen LogP contribution in [0.1, 0.15) is 15.9 Å². The first kappa shape index (κ1) is 13.0. The minimum absolute atomic E-state index is 0.142. The molecule has 0 fully saturated rings. The molecule has 98 valence electrons. The normalized spacial score (nSPS) is 10.0. The second-order valence-electron chi connectivity index (χ2n) is 3.92. The van der Waals surface area contributed by atoms with Crippen molar-refractivity contribution in [3.63, 3.8) is 0 Å². The highest BCUT2D eigenvalue weighted by Gasteiger charge is 2.11. The van der Waals surface area contributed by atoms with E-state index in [1.54, 1.807) is 43.6 Å². The number of hydrogen-bond donors (Lipinski definition) is 2. The van der Waals surface area contributed by atoms with Gasteiger partial charge in [-0.05, 0) is 18.2 Å². The molecule has 2 N–H and O–H groups in total. The average molecular weight is 259 g/mol. The first-order valence-electron chi connectivity index (χ1n) is 5.86. The van der Waals surface area contributed by atoms with Crippen molar-refractivity contribution in [1.82, 2.24) is 10.3 Å². The second-order valence-corrected chi connectivity index (χ2v) is 3.92. The standard InChI is InChI=1S/C14H14FN3O/c1-16-13-11(6-4-8-17-13)14(19)18-9-10-5-2-3-7-12(10)15/h2-8H,9H2,1H3,(H,16,17)(H,18,19). The Hall–Kier alpha value is -2.43. The topological polar surface area (TPSA) is 54.0 Å². The summed E-state index contributed by atoms with van der Waals surface area (Å²) in [5, 5.41) is 5.51. The zero-order valence-electron chi connectivity index (χ0n) is 10.5. The maximum atomic E-state index is 13.4. The number of benzene rings is 1. The molecule has 0 saturated carbocycles. The van der Waals surface area contributed by atoms with E-state index in [0.29, 0.717) is 16.9 Å². The van der Waals surface area contributed by atoms with E-state index in [4.69, 9.17) is 0 Å². The molecule has 2 aromatic rings. The number of aromatic nitrogens is 1. The second kappa shape index (κ2) is 5.95. The number of rotatable bonds is 4. The van der Waals surface area contributed by atoms with Gasteiger partial charge in [0.25, 0.3) is 5.91 Å². The zero-order chi connectivity index (χ0) is 13.7. The molecule has 0 aliphatic heterocycles. The van der Waals surface area contributed by atoms with E-state index in [0.717, 1.165) is 0 Å². The maximum Gasteiger partial charge on any atom is 0.255 e. The van der Waals surface area contributed by atoms with E-state index in [1.165, 1.54) is 6.07 Å². The highest BCUT2D eigenvalue weighted by molar-refractivity contribution is 5.98. The van der Waals surface area contributed by atoms with E-state index >= 15 is 0 Å². The van der Waals surface area contributed by atoms with E-state index in [1.807, 2.05) is 0 Å². The van der Waals surface area contributed by atoms with Crippen LogP contribution in [0.4, 0.5) is 10.2 Å². The van der Waals surface area contributed by atoms with Crippen molar-refractivity contribution in [3.8, 4) is 0 Å². The van der Waals surface area contributed by atoms with Gasteiger partial charge in [-0.15, -0.1) is 0 Å². The number of nitrogens with one attached hydrogen (secondary N) is 2. The molecule has 1 heterocycles. The van der Waals surface area contributed by atoms with Crippen molar-refractivity contribution < 1.29 is 9.18 Å². The van der Waals surface area contributed by atoms with Crippen LogP contribution in [0.2, 0.25) is 0 Å². The van der Waals surface area contributed by atoms with E-state index in [2.05, 4.69) is 15.6 Å². The van der Waals surface area contributed by atoms with Gasteiger partial charge in [0.15, 0.2) is 0 Å². The van der Waals surface area contributed by atoms with Crippen LogP contribution in [-0.4, -0.2) is 17.9 Å². The molecule has 2 rings (SSSR count). The third kappa shape index (κ3) is 3.07. The fourth-order valence-electron chi connectivity index (χ4n) is 1.70. The van der Waals surface area contributed by atoms with Gasteiger partial charge in [0.05, 0.1) is 5.56 Å². The Balaban J connectivity index is 2.08. The third-order valence-corrected chi connectivity index (χ3v) is 2.69. The molecule has 0 spiro atoms. The van der Waals surface area contributed by atoms with Crippen LogP contribution in [-0.2, 0) is 6.54 Å². The monoisotopic (exact) mass is 259 g/mol. The molecule has 0 saturated heterocycles. The lowest BCUT2D eigenvalue weighted by atomic mass is 10.2. The number of hydrogen-bond acceptors (Lipinski definition) is 3. The molecule has 0 unspecified atom stereocenters. The van der Waals surface area contributed by atoms with Crippen LogP contribution in [0.25, 0.3) is 0 Å². The predicted octanol–water partition coefficient (Wildman–Crippen LogP) is 2.19. The Morgan fingerprint density at radius 2 is 2.05 bits per heavy atom. The first-order valence-corrected chi connectivity index (χ1v) is 5.86. The van der Waals surface area contributed by atoms with Gasteiger partial charge in [0, 0.05) is 25.4 Å². The Kier molecular flexibility index (Phi) is 4.07. The van der Waals surface area contributed by atoms with Crippen molar-refractivity contribution in [3.05, 3.63) is 59.5 Å². The number of halogens is 1. The summed E-state index contributed by atoms with van der Waals surface area (Å²) >= 11 is 0. The molecule has 4 nitrogen and oxygen atoms in total. The Morgan fingerprint density at radius 3 is 2.79 bits per heavy atom. The molecular weight excluding hydrogens is 245 g/mol. The highest BCUT2D eigenvalue weighted by Crippen LogP contribution is 2.11. The van der Waals surface area contributed by atoms with Crippen LogP contribution < -0.4 is 10.6 Å². The largest absolute Gasteiger partial charge is 0.372 e.